The first-order chi connectivity index (χ1) is 8.35. The zero-order valence-corrected chi connectivity index (χ0v) is 11.7. The summed E-state index contributed by atoms with van der Waals surface area (Å²) in [5.74, 6) is 0. The van der Waals surface area contributed by atoms with Crippen LogP contribution in [0, 0.1) is 0 Å². The van der Waals surface area contributed by atoms with Crippen molar-refractivity contribution in [2.75, 3.05) is 26.7 Å². The number of thiazole rings is 1. The number of hydrogen-bond acceptors (Lipinski definition) is 4. The van der Waals surface area contributed by atoms with E-state index in [1.165, 1.54) is 36.5 Å². The summed E-state index contributed by atoms with van der Waals surface area (Å²) in [5.41, 5.74) is 1.25. The first kappa shape index (κ1) is 13.0. The Kier molecular flexibility index (Phi) is 4.95. The Hall–Kier alpha value is -0.450. The minimum Gasteiger partial charge on any atom is -0.319 e. The molecule has 96 valence electrons. The lowest BCUT2D eigenvalue weighted by atomic mass is 10.0. The van der Waals surface area contributed by atoms with Crippen LogP contribution >= 0.6 is 11.3 Å². The van der Waals surface area contributed by atoms with Gasteiger partial charge < -0.3 is 5.32 Å². The molecule has 0 radical (unpaired) electrons. The predicted octanol–water partition coefficient (Wildman–Crippen LogP) is 2.45. The smallest absolute Gasteiger partial charge is 0.110 e. The lowest BCUT2D eigenvalue weighted by Crippen LogP contribution is -2.33. The molecule has 1 atom stereocenters. The van der Waals surface area contributed by atoms with Gasteiger partial charge in [-0.05, 0) is 33.0 Å². The van der Waals surface area contributed by atoms with Gasteiger partial charge in [0.05, 0.1) is 11.7 Å². The van der Waals surface area contributed by atoms with E-state index in [1.54, 1.807) is 0 Å². The van der Waals surface area contributed by atoms with Crippen molar-refractivity contribution in [3.05, 3.63) is 16.1 Å². The number of hydrogen-bond donors (Lipinski definition) is 1. The predicted molar refractivity (Wildman–Crippen MR) is 73.6 cm³/mol. The van der Waals surface area contributed by atoms with Crippen molar-refractivity contribution >= 4 is 11.3 Å². The molecule has 1 saturated heterocycles. The molecule has 0 amide bonds. The molecule has 0 spiro atoms. The molecule has 1 fully saturated rings. The van der Waals surface area contributed by atoms with Gasteiger partial charge in [-0.2, -0.15) is 0 Å². The molecule has 1 aliphatic heterocycles. The Morgan fingerprint density at radius 2 is 2.41 bits per heavy atom. The minimum atomic E-state index is 0.585. The van der Waals surface area contributed by atoms with E-state index in [9.17, 15) is 0 Å². The van der Waals surface area contributed by atoms with E-state index in [-0.39, 0.29) is 0 Å². The molecule has 17 heavy (non-hydrogen) atoms. The summed E-state index contributed by atoms with van der Waals surface area (Å²) < 4.78 is 0. The van der Waals surface area contributed by atoms with E-state index in [0.717, 1.165) is 19.5 Å². The maximum Gasteiger partial charge on any atom is 0.110 e. The SMILES string of the molecule is CCN1CCCCC1c1nc(CCNC)cs1. The van der Waals surface area contributed by atoms with Gasteiger partial charge in [-0.25, -0.2) is 4.98 Å². The molecule has 0 bridgehead atoms. The molecular formula is C13H23N3S. The van der Waals surface area contributed by atoms with Crippen molar-refractivity contribution in [1.29, 1.82) is 0 Å². The van der Waals surface area contributed by atoms with E-state index in [0.29, 0.717) is 6.04 Å². The van der Waals surface area contributed by atoms with Crippen LogP contribution in [0.15, 0.2) is 5.38 Å². The highest BCUT2D eigenvalue weighted by Crippen LogP contribution is 2.32. The first-order valence-corrected chi connectivity index (χ1v) is 7.56. The summed E-state index contributed by atoms with van der Waals surface area (Å²) in [6.07, 6.45) is 5.04. The zero-order chi connectivity index (χ0) is 12.1. The Morgan fingerprint density at radius 1 is 1.53 bits per heavy atom. The Morgan fingerprint density at radius 3 is 3.18 bits per heavy atom. The van der Waals surface area contributed by atoms with Crippen LogP contribution in [0.3, 0.4) is 0 Å². The van der Waals surface area contributed by atoms with Crippen molar-refractivity contribution in [1.82, 2.24) is 15.2 Å². The molecule has 1 aromatic heterocycles. The van der Waals surface area contributed by atoms with Crippen molar-refractivity contribution in [3.8, 4) is 0 Å². The maximum atomic E-state index is 4.81. The fourth-order valence-corrected chi connectivity index (χ4v) is 3.51. The average molecular weight is 253 g/mol. The van der Waals surface area contributed by atoms with Crippen LogP contribution in [0.5, 0.6) is 0 Å². The van der Waals surface area contributed by atoms with E-state index in [4.69, 9.17) is 4.98 Å². The third kappa shape index (κ3) is 3.27. The van der Waals surface area contributed by atoms with Crippen molar-refractivity contribution in [3.63, 3.8) is 0 Å². The van der Waals surface area contributed by atoms with Crippen LogP contribution in [-0.4, -0.2) is 36.6 Å². The topological polar surface area (TPSA) is 28.2 Å². The zero-order valence-electron chi connectivity index (χ0n) is 10.9. The number of likely N-dealkylation sites (tertiary alicyclic amines) is 1. The normalized spacial score (nSPS) is 21.9. The monoisotopic (exact) mass is 253 g/mol. The Labute approximate surface area is 108 Å². The highest BCUT2D eigenvalue weighted by Gasteiger charge is 2.24. The highest BCUT2D eigenvalue weighted by atomic mass is 32.1. The summed E-state index contributed by atoms with van der Waals surface area (Å²) in [5, 5.41) is 6.74. The second kappa shape index (κ2) is 6.47. The van der Waals surface area contributed by atoms with Crippen LogP contribution in [0.4, 0.5) is 0 Å². The third-order valence-corrected chi connectivity index (χ3v) is 4.50. The molecule has 1 aromatic rings. The van der Waals surface area contributed by atoms with Crippen molar-refractivity contribution in [2.45, 2.75) is 38.6 Å². The van der Waals surface area contributed by atoms with Crippen LogP contribution in [-0.2, 0) is 6.42 Å². The molecule has 2 rings (SSSR count). The number of likely N-dealkylation sites (N-methyl/N-ethyl adjacent to an activating group) is 1. The van der Waals surface area contributed by atoms with E-state index in [1.807, 2.05) is 18.4 Å². The molecule has 4 heteroatoms. The lowest BCUT2D eigenvalue weighted by Gasteiger charge is -2.33. The van der Waals surface area contributed by atoms with Gasteiger partial charge in [0.15, 0.2) is 0 Å². The van der Waals surface area contributed by atoms with Crippen molar-refractivity contribution in [2.24, 2.45) is 0 Å². The van der Waals surface area contributed by atoms with Crippen LogP contribution in [0.1, 0.15) is 42.9 Å². The summed E-state index contributed by atoms with van der Waals surface area (Å²) >= 11 is 1.85. The van der Waals surface area contributed by atoms with E-state index in [2.05, 4.69) is 22.5 Å². The van der Waals surface area contributed by atoms with Gasteiger partial charge in [-0.15, -0.1) is 11.3 Å². The van der Waals surface area contributed by atoms with Gasteiger partial charge in [0.2, 0.25) is 0 Å². The molecule has 1 unspecified atom stereocenters. The number of piperidine rings is 1. The van der Waals surface area contributed by atoms with Gasteiger partial charge in [0.1, 0.15) is 5.01 Å². The van der Waals surface area contributed by atoms with Crippen LogP contribution in [0.2, 0.25) is 0 Å². The molecule has 1 aliphatic rings. The molecule has 0 aromatic carbocycles. The highest BCUT2D eigenvalue weighted by molar-refractivity contribution is 7.09. The molecule has 3 nitrogen and oxygen atoms in total. The average Bonchev–Trinajstić information content (AvgIpc) is 2.85. The number of nitrogens with zero attached hydrogens (tertiary/aromatic N) is 2. The lowest BCUT2D eigenvalue weighted by molar-refractivity contribution is 0.157. The van der Waals surface area contributed by atoms with Crippen molar-refractivity contribution < 1.29 is 0 Å². The molecular weight excluding hydrogens is 230 g/mol. The third-order valence-electron chi connectivity index (χ3n) is 3.51. The van der Waals surface area contributed by atoms with Crippen LogP contribution in [0.25, 0.3) is 0 Å². The standard InChI is InChI=1S/C13H23N3S/c1-3-16-9-5-4-6-12(16)13-15-11(10-17-13)7-8-14-2/h10,12,14H,3-9H2,1-2H3. The van der Waals surface area contributed by atoms with Gasteiger partial charge in [0.25, 0.3) is 0 Å². The fourth-order valence-electron chi connectivity index (χ4n) is 2.49. The number of nitrogens with one attached hydrogen (secondary N) is 1. The molecule has 0 saturated carbocycles. The molecule has 2 heterocycles. The summed E-state index contributed by atoms with van der Waals surface area (Å²) in [6.45, 7) is 5.67. The van der Waals surface area contributed by atoms with Gasteiger partial charge in [-0.3, -0.25) is 4.90 Å². The number of rotatable bonds is 5. The summed E-state index contributed by atoms with van der Waals surface area (Å²) in [7, 11) is 1.99. The largest absolute Gasteiger partial charge is 0.319 e. The summed E-state index contributed by atoms with van der Waals surface area (Å²) in [6, 6.07) is 0.585. The number of aromatic nitrogens is 1. The van der Waals surface area contributed by atoms with Gasteiger partial charge in [-0.1, -0.05) is 13.3 Å². The van der Waals surface area contributed by atoms with Gasteiger partial charge in [0, 0.05) is 18.3 Å². The molecule has 0 aliphatic carbocycles. The maximum absolute atomic E-state index is 4.81. The second-order valence-corrected chi connectivity index (χ2v) is 5.56. The van der Waals surface area contributed by atoms with E-state index >= 15 is 0 Å². The first-order valence-electron chi connectivity index (χ1n) is 6.68. The quantitative estimate of drug-likeness (QED) is 0.873. The van der Waals surface area contributed by atoms with Gasteiger partial charge >= 0.3 is 0 Å². The fraction of sp³-hybridized carbons (Fsp3) is 0.769. The Balaban J connectivity index is 2.02. The Bertz CT molecular complexity index is 337. The minimum absolute atomic E-state index is 0.585. The van der Waals surface area contributed by atoms with E-state index < -0.39 is 0 Å². The second-order valence-electron chi connectivity index (χ2n) is 4.67. The van der Waals surface area contributed by atoms with Crippen LogP contribution < -0.4 is 5.32 Å². The molecule has 1 N–H and O–H groups in total. The summed E-state index contributed by atoms with van der Waals surface area (Å²) in [4.78, 5) is 7.38.